The van der Waals surface area contributed by atoms with Gasteiger partial charge in [-0.05, 0) is 44.9 Å². The van der Waals surface area contributed by atoms with E-state index in [1.54, 1.807) is 0 Å². The molecule has 0 heterocycles. The first kappa shape index (κ1) is 19.7. The second-order valence-electron chi connectivity index (χ2n) is 5.17. The number of aliphatic hydroxyl groups is 1. The molecule has 0 rings (SSSR count). The molecule has 0 saturated heterocycles. The first-order valence-corrected chi connectivity index (χ1v) is 8.04. The van der Waals surface area contributed by atoms with Crippen molar-refractivity contribution in [2.75, 3.05) is 0 Å². The highest BCUT2D eigenvalue weighted by atomic mass is 16.4. The maximum Gasteiger partial charge on any atom is 0.332 e. The van der Waals surface area contributed by atoms with Gasteiger partial charge in [0.2, 0.25) is 0 Å². The zero-order valence-electron chi connectivity index (χ0n) is 13.2. The van der Waals surface area contributed by atoms with Gasteiger partial charge in [-0.15, -0.1) is 0 Å². The van der Waals surface area contributed by atoms with Crippen molar-refractivity contribution in [3.8, 4) is 0 Å². The molecule has 0 amide bonds. The normalized spacial score (nSPS) is 13.6. The van der Waals surface area contributed by atoms with Crippen LogP contribution in [-0.4, -0.2) is 22.3 Å². The summed E-state index contributed by atoms with van der Waals surface area (Å²) >= 11 is 0. The van der Waals surface area contributed by atoms with E-state index >= 15 is 0 Å². The van der Waals surface area contributed by atoms with Gasteiger partial charge in [0.25, 0.3) is 0 Å². The van der Waals surface area contributed by atoms with Crippen molar-refractivity contribution in [1.82, 2.24) is 0 Å². The molecule has 0 aliphatic rings. The summed E-state index contributed by atoms with van der Waals surface area (Å²) in [5.41, 5.74) is 0. The number of carboxylic acids is 1. The van der Waals surface area contributed by atoms with Crippen LogP contribution in [0.3, 0.4) is 0 Å². The van der Waals surface area contributed by atoms with Crippen molar-refractivity contribution in [1.29, 1.82) is 0 Å². The van der Waals surface area contributed by atoms with Gasteiger partial charge in [0.1, 0.15) is 0 Å². The maximum atomic E-state index is 10.4. The predicted octanol–water partition coefficient (Wildman–Crippen LogP) is 4.63. The average Bonchev–Trinajstić information content (AvgIpc) is 2.47. The summed E-state index contributed by atoms with van der Waals surface area (Å²) in [7, 11) is 0. The van der Waals surface area contributed by atoms with Gasteiger partial charge >= 0.3 is 5.97 Å². The molecule has 3 nitrogen and oxygen atoms in total. The van der Waals surface area contributed by atoms with E-state index in [2.05, 4.69) is 37.3 Å². The molecule has 2 N–H and O–H groups in total. The molecule has 120 valence electrons. The van der Waals surface area contributed by atoms with Crippen molar-refractivity contribution >= 4 is 5.97 Å². The minimum absolute atomic E-state index is 0.318. The van der Waals surface area contributed by atoms with Crippen LogP contribution in [0.2, 0.25) is 0 Å². The van der Waals surface area contributed by atoms with Crippen molar-refractivity contribution < 1.29 is 15.0 Å². The minimum Gasteiger partial charge on any atom is -0.479 e. The number of carbonyl (C=O) groups is 1. The van der Waals surface area contributed by atoms with Crippen LogP contribution in [0.5, 0.6) is 0 Å². The van der Waals surface area contributed by atoms with Crippen LogP contribution < -0.4 is 0 Å². The van der Waals surface area contributed by atoms with Crippen molar-refractivity contribution in [2.24, 2.45) is 0 Å². The van der Waals surface area contributed by atoms with Crippen LogP contribution in [-0.2, 0) is 4.79 Å². The second-order valence-corrected chi connectivity index (χ2v) is 5.17. The van der Waals surface area contributed by atoms with E-state index < -0.39 is 12.1 Å². The highest BCUT2D eigenvalue weighted by Crippen LogP contribution is 2.03. The number of hydrogen-bond donors (Lipinski definition) is 2. The summed E-state index contributed by atoms with van der Waals surface area (Å²) in [5.74, 6) is -1.13. The number of allylic oxidation sites excluding steroid dienone is 6. The lowest BCUT2D eigenvalue weighted by Crippen LogP contribution is -2.18. The zero-order chi connectivity index (χ0) is 15.8. The van der Waals surface area contributed by atoms with Crippen molar-refractivity contribution in [3.63, 3.8) is 0 Å². The van der Waals surface area contributed by atoms with Crippen molar-refractivity contribution in [3.05, 3.63) is 36.5 Å². The standard InChI is InChI=1S/C18H30O3/c1-2-3-4-5-6-7-8-9-10-11-12-13-14-15-16-17(19)18(20)21/h6-7,9-10,12-13,17,19H,2-5,8,11,14-16H2,1H3,(H,20,21). The van der Waals surface area contributed by atoms with Gasteiger partial charge in [-0.3, -0.25) is 0 Å². The van der Waals surface area contributed by atoms with E-state index in [0.717, 1.165) is 19.3 Å². The Balaban J connectivity index is 3.42. The van der Waals surface area contributed by atoms with Crippen LogP contribution in [0, 0.1) is 0 Å². The topological polar surface area (TPSA) is 57.5 Å². The number of carboxylic acid groups (broad SMARTS) is 1. The molecule has 0 aromatic rings. The third-order valence-electron chi connectivity index (χ3n) is 3.15. The van der Waals surface area contributed by atoms with Crippen LogP contribution in [0.15, 0.2) is 36.5 Å². The van der Waals surface area contributed by atoms with Gasteiger partial charge in [0, 0.05) is 0 Å². The highest BCUT2D eigenvalue weighted by molar-refractivity contribution is 5.71. The minimum atomic E-state index is -1.22. The largest absolute Gasteiger partial charge is 0.479 e. The van der Waals surface area contributed by atoms with Gasteiger partial charge in [-0.25, -0.2) is 4.79 Å². The van der Waals surface area contributed by atoms with Gasteiger partial charge in [0.15, 0.2) is 6.10 Å². The fourth-order valence-electron chi connectivity index (χ4n) is 1.84. The van der Waals surface area contributed by atoms with Gasteiger partial charge in [-0.2, -0.15) is 0 Å². The lowest BCUT2D eigenvalue weighted by atomic mass is 10.1. The smallest absolute Gasteiger partial charge is 0.332 e. The van der Waals surface area contributed by atoms with Gasteiger partial charge in [-0.1, -0.05) is 56.2 Å². The molecule has 1 atom stereocenters. The molecule has 21 heavy (non-hydrogen) atoms. The SMILES string of the molecule is CCCCCC=CCC=CCC=CCCCC(O)C(=O)O. The first-order chi connectivity index (χ1) is 10.2. The molecule has 0 saturated carbocycles. The molecule has 0 spiro atoms. The fraction of sp³-hybridized carbons (Fsp3) is 0.611. The predicted molar refractivity (Wildman–Crippen MR) is 88.3 cm³/mol. The molecule has 0 aliphatic carbocycles. The van der Waals surface area contributed by atoms with E-state index in [0.29, 0.717) is 12.8 Å². The molecule has 1 unspecified atom stereocenters. The zero-order valence-corrected chi connectivity index (χ0v) is 13.2. The monoisotopic (exact) mass is 294 g/mol. The summed E-state index contributed by atoms with van der Waals surface area (Å²) < 4.78 is 0. The lowest BCUT2D eigenvalue weighted by molar-refractivity contribution is -0.146. The molecular formula is C18H30O3. The Morgan fingerprint density at radius 3 is 1.95 bits per heavy atom. The van der Waals surface area contributed by atoms with Gasteiger partial charge < -0.3 is 10.2 Å². The molecule has 0 aliphatic heterocycles. The summed E-state index contributed by atoms with van der Waals surface area (Å²) in [5, 5.41) is 17.6. The summed E-state index contributed by atoms with van der Waals surface area (Å²) in [6.45, 7) is 2.22. The number of rotatable bonds is 13. The van der Waals surface area contributed by atoms with E-state index in [1.165, 1.54) is 25.7 Å². The number of hydrogen-bond acceptors (Lipinski definition) is 2. The molecule has 0 radical (unpaired) electrons. The Morgan fingerprint density at radius 2 is 1.43 bits per heavy atom. The van der Waals surface area contributed by atoms with E-state index in [9.17, 15) is 4.79 Å². The van der Waals surface area contributed by atoms with Crippen molar-refractivity contribution in [2.45, 2.75) is 70.8 Å². The molecule has 0 aromatic carbocycles. The van der Waals surface area contributed by atoms with E-state index in [4.69, 9.17) is 10.2 Å². The third-order valence-corrected chi connectivity index (χ3v) is 3.15. The summed E-state index contributed by atoms with van der Waals surface area (Å²) in [4.78, 5) is 10.4. The summed E-state index contributed by atoms with van der Waals surface area (Å²) in [6.07, 6.45) is 20.5. The molecule has 3 heteroatoms. The molecular weight excluding hydrogens is 264 g/mol. The highest BCUT2D eigenvalue weighted by Gasteiger charge is 2.10. The Bertz CT molecular complexity index is 329. The number of unbranched alkanes of at least 4 members (excludes halogenated alkanes) is 4. The molecule has 0 fully saturated rings. The third kappa shape index (κ3) is 14.9. The Hall–Kier alpha value is -1.35. The van der Waals surface area contributed by atoms with Crippen LogP contribution in [0.4, 0.5) is 0 Å². The number of aliphatic hydroxyl groups excluding tert-OH is 1. The maximum absolute atomic E-state index is 10.4. The quantitative estimate of drug-likeness (QED) is 0.384. The Labute approximate surface area is 129 Å². The van der Waals surface area contributed by atoms with E-state index in [1.807, 2.05) is 6.08 Å². The fourth-order valence-corrected chi connectivity index (χ4v) is 1.84. The number of aliphatic carboxylic acids is 1. The Kier molecular flexibility index (Phi) is 14.1. The Morgan fingerprint density at radius 1 is 0.905 bits per heavy atom. The van der Waals surface area contributed by atoms with Gasteiger partial charge in [0.05, 0.1) is 0 Å². The average molecular weight is 294 g/mol. The van der Waals surface area contributed by atoms with Crippen LogP contribution in [0.1, 0.15) is 64.7 Å². The molecule has 0 aromatic heterocycles. The first-order valence-electron chi connectivity index (χ1n) is 8.04. The second kappa shape index (κ2) is 15.0. The summed E-state index contributed by atoms with van der Waals surface area (Å²) in [6, 6.07) is 0. The molecule has 0 bridgehead atoms. The van der Waals surface area contributed by atoms with Crippen LogP contribution in [0.25, 0.3) is 0 Å². The lowest BCUT2D eigenvalue weighted by Gasteiger charge is -2.02. The van der Waals surface area contributed by atoms with Crippen LogP contribution >= 0.6 is 0 Å². The van der Waals surface area contributed by atoms with E-state index in [-0.39, 0.29) is 0 Å².